The molecule has 0 heterocycles. The van der Waals surface area contributed by atoms with Crippen molar-refractivity contribution in [2.45, 2.75) is 258 Å². The van der Waals surface area contributed by atoms with Gasteiger partial charge in [-0.3, -0.25) is 14.4 Å². The lowest BCUT2D eigenvalue weighted by molar-refractivity contribution is -0.167. The summed E-state index contributed by atoms with van der Waals surface area (Å²) in [5.74, 6) is -0.877. The number of allylic oxidation sites excluding steroid dienone is 6. The summed E-state index contributed by atoms with van der Waals surface area (Å²) in [6.45, 7) is 6.51. The van der Waals surface area contributed by atoms with Gasteiger partial charge >= 0.3 is 17.9 Å². The third kappa shape index (κ3) is 44.6. The molecule has 0 fully saturated rings. The van der Waals surface area contributed by atoms with Crippen LogP contribution in [0.3, 0.4) is 0 Å². The molecule has 0 saturated heterocycles. The van der Waals surface area contributed by atoms with Gasteiger partial charge in [0.2, 0.25) is 0 Å². The maximum atomic E-state index is 12.7. The van der Waals surface area contributed by atoms with Gasteiger partial charge in [-0.25, -0.2) is 0 Å². The van der Waals surface area contributed by atoms with Gasteiger partial charge in [0.1, 0.15) is 13.2 Å². The Kier molecular flexibility index (Phi) is 44.4. The molecule has 0 aromatic heterocycles. The summed E-state index contributed by atoms with van der Waals surface area (Å²) in [4.78, 5) is 37.8. The predicted octanol–water partition coefficient (Wildman–Crippen LogP) is 15.8. The van der Waals surface area contributed by atoms with Crippen LogP contribution in [0.2, 0.25) is 0 Å². The van der Waals surface area contributed by atoms with Crippen LogP contribution in [-0.4, -0.2) is 37.2 Å². The third-order valence-electron chi connectivity index (χ3n) is 10.7. The molecule has 0 N–H and O–H groups in total. The number of carbonyl (C=O) groups excluding carboxylic acids is 3. The van der Waals surface area contributed by atoms with Gasteiger partial charge in [-0.05, 0) is 51.4 Å². The molecule has 0 spiro atoms. The van der Waals surface area contributed by atoms with Gasteiger partial charge in [-0.1, -0.05) is 218 Å². The molecule has 6 nitrogen and oxygen atoms in total. The maximum Gasteiger partial charge on any atom is 0.306 e. The second-order valence-corrected chi connectivity index (χ2v) is 16.4. The molecular formula is C51H92O6. The van der Waals surface area contributed by atoms with Crippen molar-refractivity contribution in [3.8, 4) is 0 Å². The van der Waals surface area contributed by atoms with E-state index < -0.39 is 6.10 Å². The molecule has 0 aromatic rings. The van der Waals surface area contributed by atoms with E-state index in [1.54, 1.807) is 0 Å². The zero-order chi connectivity index (χ0) is 41.5. The molecule has 332 valence electrons. The highest BCUT2D eigenvalue weighted by atomic mass is 16.6. The van der Waals surface area contributed by atoms with E-state index in [-0.39, 0.29) is 31.1 Å². The Labute approximate surface area is 353 Å². The van der Waals surface area contributed by atoms with Crippen molar-refractivity contribution in [1.29, 1.82) is 0 Å². The minimum Gasteiger partial charge on any atom is -0.462 e. The fourth-order valence-corrected chi connectivity index (χ4v) is 6.99. The van der Waals surface area contributed by atoms with Crippen LogP contribution in [0, 0.1) is 0 Å². The Balaban J connectivity index is 4.31. The van der Waals surface area contributed by atoms with E-state index >= 15 is 0 Å². The second-order valence-electron chi connectivity index (χ2n) is 16.4. The fourth-order valence-electron chi connectivity index (χ4n) is 6.99. The summed E-state index contributed by atoms with van der Waals surface area (Å²) in [7, 11) is 0. The van der Waals surface area contributed by atoms with E-state index in [1.165, 1.54) is 128 Å². The van der Waals surface area contributed by atoms with Gasteiger partial charge < -0.3 is 14.2 Å². The molecule has 0 aliphatic carbocycles. The molecule has 0 aliphatic rings. The van der Waals surface area contributed by atoms with Gasteiger partial charge in [0.05, 0.1) is 0 Å². The lowest BCUT2D eigenvalue weighted by atomic mass is 10.0. The predicted molar refractivity (Wildman–Crippen MR) is 242 cm³/mol. The smallest absolute Gasteiger partial charge is 0.306 e. The van der Waals surface area contributed by atoms with Gasteiger partial charge in [-0.2, -0.15) is 0 Å². The van der Waals surface area contributed by atoms with Crippen molar-refractivity contribution in [2.24, 2.45) is 0 Å². The largest absolute Gasteiger partial charge is 0.462 e. The molecule has 0 amide bonds. The molecule has 1 atom stereocenters. The summed E-state index contributed by atoms with van der Waals surface area (Å²) in [5.41, 5.74) is 0. The van der Waals surface area contributed by atoms with E-state index in [2.05, 4.69) is 57.2 Å². The molecule has 1 unspecified atom stereocenters. The molecular weight excluding hydrogens is 709 g/mol. The normalized spacial score (nSPS) is 12.3. The first-order chi connectivity index (χ1) is 28.0. The van der Waals surface area contributed by atoms with Crippen LogP contribution < -0.4 is 0 Å². The monoisotopic (exact) mass is 801 g/mol. The molecule has 0 saturated carbocycles. The quantitative estimate of drug-likeness (QED) is 0.0264. The van der Waals surface area contributed by atoms with Crippen LogP contribution >= 0.6 is 0 Å². The molecule has 0 rings (SSSR count). The number of esters is 3. The Morgan fingerprint density at radius 1 is 0.368 bits per heavy atom. The van der Waals surface area contributed by atoms with Crippen molar-refractivity contribution in [1.82, 2.24) is 0 Å². The highest BCUT2D eigenvalue weighted by Crippen LogP contribution is 2.15. The van der Waals surface area contributed by atoms with Crippen LogP contribution in [0.1, 0.15) is 252 Å². The second kappa shape index (κ2) is 46.3. The van der Waals surface area contributed by atoms with Crippen molar-refractivity contribution in [2.75, 3.05) is 13.2 Å². The number of ether oxygens (including phenoxy) is 3. The lowest BCUT2D eigenvalue weighted by Crippen LogP contribution is -2.30. The average molecular weight is 801 g/mol. The molecule has 0 aromatic carbocycles. The minimum absolute atomic E-state index is 0.0718. The van der Waals surface area contributed by atoms with E-state index in [1.807, 2.05) is 0 Å². The van der Waals surface area contributed by atoms with Gasteiger partial charge in [0.15, 0.2) is 6.10 Å². The fraction of sp³-hybridized carbons (Fsp3) is 0.824. The summed E-state index contributed by atoms with van der Waals surface area (Å²) in [5, 5.41) is 0. The lowest BCUT2D eigenvalue weighted by Gasteiger charge is -2.18. The van der Waals surface area contributed by atoms with Crippen molar-refractivity contribution < 1.29 is 28.6 Å². The average Bonchev–Trinajstić information content (AvgIpc) is 3.21. The number of hydrogen-bond acceptors (Lipinski definition) is 6. The Morgan fingerprint density at radius 3 is 1.07 bits per heavy atom. The molecule has 0 bridgehead atoms. The number of carbonyl (C=O) groups is 3. The first-order valence-electron chi connectivity index (χ1n) is 24.5. The highest BCUT2D eigenvalue weighted by molar-refractivity contribution is 5.71. The number of hydrogen-bond donors (Lipinski definition) is 0. The van der Waals surface area contributed by atoms with Gasteiger partial charge in [0.25, 0.3) is 0 Å². The van der Waals surface area contributed by atoms with E-state index in [9.17, 15) is 14.4 Å². The summed E-state index contributed by atoms with van der Waals surface area (Å²) in [6, 6.07) is 0. The Bertz CT molecular complexity index is 969. The van der Waals surface area contributed by atoms with Gasteiger partial charge in [0, 0.05) is 19.3 Å². The van der Waals surface area contributed by atoms with Crippen LogP contribution in [0.5, 0.6) is 0 Å². The topological polar surface area (TPSA) is 78.9 Å². The van der Waals surface area contributed by atoms with E-state index in [4.69, 9.17) is 14.2 Å². The number of rotatable bonds is 44. The van der Waals surface area contributed by atoms with Crippen LogP contribution in [0.4, 0.5) is 0 Å². The van der Waals surface area contributed by atoms with Crippen molar-refractivity contribution >= 4 is 17.9 Å². The minimum atomic E-state index is -0.769. The standard InChI is InChI=1S/C51H92O6/c1-4-7-10-13-16-19-21-23-24-25-26-28-29-32-35-38-41-44-50(53)56-47-48(46-55-49(52)43-40-37-34-31-18-15-12-9-6-3)57-51(54)45-42-39-36-33-30-27-22-20-17-14-11-8-5-2/h7,10,16,19,23-24,48H,4-6,8-9,11-15,17-18,20-22,25-47H2,1-3H3/b10-7-,19-16-,24-23-. The molecule has 6 heteroatoms. The van der Waals surface area contributed by atoms with Crippen molar-refractivity contribution in [3.05, 3.63) is 36.5 Å². The van der Waals surface area contributed by atoms with E-state index in [0.29, 0.717) is 19.3 Å². The third-order valence-corrected chi connectivity index (χ3v) is 10.7. The van der Waals surface area contributed by atoms with Crippen LogP contribution in [-0.2, 0) is 28.6 Å². The van der Waals surface area contributed by atoms with Crippen LogP contribution in [0.25, 0.3) is 0 Å². The Morgan fingerprint density at radius 2 is 0.684 bits per heavy atom. The Hall–Kier alpha value is -2.37. The number of unbranched alkanes of at least 4 members (excludes halogenated alkanes) is 27. The first kappa shape index (κ1) is 54.6. The molecule has 0 radical (unpaired) electrons. The summed E-state index contributed by atoms with van der Waals surface area (Å²) in [6.07, 6.45) is 52.7. The molecule has 57 heavy (non-hydrogen) atoms. The van der Waals surface area contributed by atoms with Crippen LogP contribution in [0.15, 0.2) is 36.5 Å². The first-order valence-corrected chi connectivity index (χ1v) is 24.5. The van der Waals surface area contributed by atoms with Gasteiger partial charge in [-0.15, -0.1) is 0 Å². The summed E-state index contributed by atoms with van der Waals surface area (Å²) >= 11 is 0. The van der Waals surface area contributed by atoms with E-state index in [0.717, 1.165) is 83.5 Å². The zero-order valence-corrected chi connectivity index (χ0v) is 37.9. The summed E-state index contributed by atoms with van der Waals surface area (Å²) < 4.78 is 16.7. The highest BCUT2D eigenvalue weighted by Gasteiger charge is 2.19. The van der Waals surface area contributed by atoms with Crippen molar-refractivity contribution in [3.63, 3.8) is 0 Å². The SMILES string of the molecule is CC/C=C\C/C=C\C/C=C\CCCCCCCCCC(=O)OCC(COC(=O)CCCCCCCCCCC)OC(=O)CCCCCCCCCCCCCCC. The maximum absolute atomic E-state index is 12.7. The zero-order valence-electron chi connectivity index (χ0n) is 37.9. The molecule has 0 aliphatic heterocycles.